The molecule has 0 bridgehead atoms. The van der Waals surface area contributed by atoms with Gasteiger partial charge in [0, 0.05) is 12.3 Å². The van der Waals surface area contributed by atoms with Crippen LogP contribution in [0, 0.1) is 0 Å². The van der Waals surface area contributed by atoms with Crippen molar-refractivity contribution in [2.75, 3.05) is 6.61 Å². The van der Waals surface area contributed by atoms with Crippen LogP contribution in [0.1, 0.15) is 40.8 Å². The fourth-order valence-corrected chi connectivity index (χ4v) is 2.83. The smallest absolute Gasteiger partial charge is 0.462 e. The van der Waals surface area contributed by atoms with E-state index in [1.165, 1.54) is 13.8 Å². The first-order valence-corrected chi connectivity index (χ1v) is 9.96. The Morgan fingerprint density at radius 2 is 1.97 bits per heavy atom. The standard InChI is InChI=1S/C16H25FN3O8P/c1-9(2)27-14(23)10(3)19-29(25)26-8-16(17,11(4)21)28-12(5)20-7-6-13(22)18-15(20)24/h6-7,9-12,21H,8H2,1-5H3,(H-,18,19,22,24,25)/p+1/t10-,11-,12+,16+/m0/s1. The van der Waals surface area contributed by atoms with Gasteiger partial charge >= 0.3 is 19.8 Å². The fraction of sp³-hybridized carbons (Fsp3) is 0.688. The second-order valence-corrected chi connectivity index (χ2v) is 7.59. The molecule has 0 aliphatic rings. The third kappa shape index (κ3) is 7.75. The van der Waals surface area contributed by atoms with Gasteiger partial charge in [-0.15, -0.1) is 4.52 Å². The first kappa shape index (κ1) is 25.1. The molecule has 0 saturated heterocycles. The van der Waals surface area contributed by atoms with Gasteiger partial charge in [0.1, 0.15) is 18.4 Å². The van der Waals surface area contributed by atoms with E-state index in [-0.39, 0.29) is 6.10 Å². The summed E-state index contributed by atoms with van der Waals surface area (Å²) in [4.78, 5) is 36.6. The summed E-state index contributed by atoms with van der Waals surface area (Å²) in [5, 5.41) is 12.1. The monoisotopic (exact) mass is 438 g/mol. The summed E-state index contributed by atoms with van der Waals surface area (Å²) in [5.41, 5.74) is -1.49. The van der Waals surface area contributed by atoms with E-state index in [0.717, 1.165) is 23.8 Å². The topological polar surface area (TPSA) is 149 Å². The van der Waals surface area contributed by atoms with Gasteiger partial charge in [-0.2, -0.15) is 0 Å². The van der Waals surface area contributed by atoms with Crippen LogP contribution < -0.4 is 16.3 Å². The predicted molar refractivity (Wildman–Crippen MR) is 100 cm³/mol. The van der Waals surface area contributed by atoms with Gasteiger partial charge in [-0.3, -0.25) is 19.1 Å². The molecule has 29 heavy (non-hydrogen) atoms. The second kappa shape index (κ2) is 10.7. The number of aromatic amines is 1. The van der Waals surface area contributed by atoms with Crippen molar-refractivity contribution in [1.82, 2.24) is 14.6 Å². The van der Waals surface area contributed by atoms with Gasteiger partial charge in [0.25, 0.3) is 11.4 Å². The minimum atomic E-state index is -2.84. The molecular weight excluding hydrogens is 412 g/mol. The quantitative estimate of drug-likeness (QED) is 0.336. The number of aliphatic hydroxyl groups excluding tert-OH is 1. The highest BCUT2D eigenvalue weighted by Crippen LogP contribution is 2.29. The molecule has 0 spiro atoms. The van der Waals surface area contributed by atoms with Gasteiger partial charge < -0.3 is 14.6 Å². The van der Waals surface area contributed by atoms with Crippen LogP contribution in [-0.4, -0.2) is 51.3 Å². The fourth-order valence-electron chi connectivity index (χ4n) is 2.04. The number of carbonyl (C=O) groups excluding carboxylic acids is 1. The van der Waals surface area contributed by atoms with Crippen molar-refractivity contribution < 1.29 is 32.9 Å². The number of ether oxygens (including phenoxy) is 2. The Labute approximate surface area is 167 Å². The molecule has 164 valence electrons. The Balaban J connectivity index is 2.76. The maximum atomic E-state index is 15.1. The zero-order chi connectivity index (χ0) is 22.4. The number of halogens is 1. The number of nitrogens with one attached hydrogen (secondary N) is 2. The molecule has 5 atom stereocenters. The molecule has 1 unspecified atom stereocenters. The molecule has 0 fully saturated rings. The van der Waals surface area contributed by atoms with E-state index in [9.17, 15) is 24.1 Å². The summed E-state index contributed by atoms with van der Waals surface area (Å²) in [7, 11) is -2.70. The molecule has 3 N–H and O–H groups in total. The van der Waals surface area contributed by atoms with Crippen LogP contribution in [0.3, 0.4) is 0 Å². The molecule has 1 aromatic rings. The average molecular weight is 438 g/mol. The molecule has 1 heterocycles. The Hall–Kier alpha value is -1.98. The molecule has 11 nitrogen and oxygen atoms in total. The number of alkyl halides is 1. The summed E-state index contributed by atoms with van der Waals surface area (Å²) in [6.07, 6.45) is -2.24. The van der Waals surface area contributed by atoms with Crippen LogP contribution >= 0.6 is 8.18 Å². The van der Waals surface area contributed by atoms with Gasteiger partial charge in [0.05, 0.1) is 6.10 Å². The molecule has 1 aromatic heterocycles. The lowest BCUT2D eigenvalue weighted by atomic mass is 10.2. The number of aromatic nitrogens is 2. The Morgan fingerprint density at radius 1 is 1.34 bits per heavy atom. The third-order valence-corrected chi connectivity index (χ3v) is 4.58. The summed E-state index contributed by atoms with van der Waals surface area (Å²) in [5.74, 6) is -3.51. The van der Waals surface area contributed by atoms with Gasteiger partial charge in [0.2, 0.25) is 0 Å². The molecule has 0 aliphatic heterocycles. The molecule has 0 amide bonds. The SMILES string of the molecule is CC(C)OC(=O)[C@H](C)N[P+](=O)OC[C@@](F)(O[C@H](C)n1ccc(=O)[nH]c1=O)[C@H](C)O. The van der Waals surface area contributed by atoms with E-state index in [1.807, 2.05) is 4.98 Å². The van der Waals surface area contributed by atoms with Crippen molar-refractivity contribution in [2.45, 2.75) is 65.0 Å². The van der Waals surface area contributed by atoms with Crippen molar-refractivity contribution in [2.24, 2.45) is 0 Å². The third-order valence-electron chi connectivity index (χ3n) is 3.62. The summed E-state index contributed by atoms with van der Waals surface area (Å²) in [6, 6.07) is 0.0551. The Bertz CT molecular complexity index is 827. The summed E-state index contributed by atoms with van der Waals surface area (Å²) in [6.45, 7) is 6.09. The zero-order valence-electron chi connectivity index (χ0n) is 16.7. The van der Waals surface area contributed by atoms with Crippen molar-refractivity contribution in [3.8, 4) is 0 Å². The zero-order valence-corrected chi connectivity index (χ0v) is 17.6. The number of nitrogens with zero attached hydrogens (tertiary/aromatic N) is 1. The van der Waals surface area contributed by atoms with Crippen LogP contribution in [0.2, 0.25) is 0 Å². The van der Waals surface area contributed by atoms with E-state index in [1.54, 1.807) is 13.8 Å². The van der Waals surface area contributed by atoms with Gasteiger partial charge in [0.15, 0.2) is 6.61 Å². The number of H-pyrrole nitrogens is 1. The predicted octanol–water partition coefficient (Wildman–Crippen LogP) is 0.722. The molecular formula is C16H26FN3O8P+. The van der Waals surface area contributed by atoms with E-state index in [4.69, 9.17) is 14.0 Å². The molecule has 1 rings (SSSR count). The largest absolute Gasteiger partial charge is 0.614 e. The number of carbonyl (C=O) groups is 1. The minimum absolute atomic E-state index is 0.370. The highest BCUT2D eigenvalue weighted by Gasteiger charge is 2.43. The van der Waals surface area contributed by atoms with Crippen LogP contribution in [0.15, 0.2) is 21.9 Å². The van der Waals surface area contributed by atoms with Gasteiger partial charge in [-0.25, -0.2) is 9.18 Å². The first-order chi connectivity index (χ1) is 13.4. The van der Waals surface area contributed by atoms with Crippen LogP contribution in [0.25, 0.3) is 0 Å². The van der Waals surface area contributed by atoms with E-state index in [2.05, 4.69) is 5.09 Å². The van der Waals surface area contributed by atoms with Crippen molar-refractivity contribution in [3.63, 3.8) is 0 Å². The summed E-state index contributed by atoms with van der Waals surface area (Å²) >= 11 is 0. The van der Waals surface area contributed by atoms with Crippen molar-refractivity contribution in [3.05, 3.63) is 33.1 Å². The second-order valence-electron chi connectivity index (χ2n) is 6.56. The van der Waals surface area contributed by atoms with E-state index < -0.39 is 56.2 Å². The van der Waals surface area contributed by atoms with Crippen molar-refractivity contribution in [1.29, 1.82) is 0 Å². The average Bonchev–Trinajstić information content (AvgIpc) is 2.59. The lowest BCUT2D eigenvalue weighted by Crippen LogP contribution is -2.46. The lowest BCUT2D eigenvalue weighted by Gasteiger charge is -2.29. The molecule has 0 saturated carbocycles. The number of hydrogen-bond donors (Lipinski definition) is 3. The normalized spacial score (nSPS) is 17.3. The highest BCUT2D eigenvalue weighted by atomic mass is 31.1. The Morgan fingerprint density at radius 3 is 2.48 bits per heavy atom. The van der Waals surface area contributed by atoms with E-state index in [0.29, 0.717) is 0 Å². The van der Waals surface area contributed by atoms with E-state index >= 15 is 4.39 Å². The number of rotatable bonds is 11. The van der Waals surface area contributed by atoms with Gasteiger partial charge in [-0.1, -0.05) is 5.09 Å². The van der Waals surface area contributed by atoms with Crippen molar-refractivity contribution >= 4 is 14.1 Å². The molecule has 0 radical (unpaired) electrons. The highest BCUT2D eigenvalue weighted by molar-refractivity contribution is 7.36. The summed E-state index contributed by atoms with van der Waals surface area (Å²) < 4.78 is 42.8. The van der Waals surface area contributed by atoms with Crippen LogP contribution in [0.5, 0.6) is 0 Å². The molecule has 0 aliphatic carbocycles. The lowest BCUT2D eigenvalue weighted by molar-refractivity contribution is -0.253. The minimum Gasteiger partial charge on any atom is -0.462 e. The molecule has 13 heteroatoms. The molecule has 0 aromatic carbocycles. The maximum absolute atomic E-state index is 15.1. The van der Waals surface area contributed by atoms with Crippen LogP contribution in [-0.2, 0) is 23.4 Å². The number of hydrogen-bond acceptors (Lipinski definition) is 8. The van der Waals surface area contributed by atoms with Gasteiger partial charge in [-0.05, 0) is 39.2 Å². The Kier molecular flexibility index (Phi) is 9.24. The first-order valence-electron chi connectivity index (χ1n) is 8.78. The number of esters is 1. The maximum Gasteiger partial charge on any atom is 0.614 e. The number of aliphatic hydroxyl groups is 1. The van der Waals surface area contributed by atoms with Crippen LogP contribution in [0.4, 0.5) is 4.39 Å².